The Morgan fingerprint density at radius 2 is 2.29 bits per heavy atom. The van der Waals surface area contributed by atoms with E-state index in [1.54, 1.807) is 0 Å². The molecular weight excluding hydrogens is 214 g/mol. The van der Waals surface area contributed by atoms with Gasteiger partial charge in [0.05, 0.1) is 12.4 Å². The molecule has 0 radical (unpaired) electrons. The van der Waals surface area contributed by atoms with E-state index < -0.39 is 0 Å². The van der Waals surface area contributed by atoms with Gasteiger partial charge in [-0.15, -0.1) is 0 Å². The van der Waals surface area contributed by atoms with Crippen molar-refractivity contribution in [2.45, 2.75) is 25.8 Å². The van der Waals surface area contributed by atoms with Crippen LogP contribution in [0, 0.1) is 6.92 Å². The van der Waals surface area contributed by atoms with Crippen LogP contribution < -0.4 is 5.32 Å². The van der Waals surface area contributed by atoms with Gasteiger partial charge in [0, 0.05) is 30.9 Å². The highest BCUT2D eigenvalue weighted by Crippen LogP contribution is 2.26. The zero-order valence-electron chi connectivity index (χ0n) is 10.2. The molecule has 0 amide bonds. The van der Waals surface area contributed by atoms with Crippen molar-refractivity contribution in [1.29, 1.82) is 0 Å². The van der Waals surface area contributed by atoms with E-state index in [2.05, 4.69) is 21.8 Å². The summed E-state index contributed by atoms with van der Waals surface area (Å²) in [7, 11) is 0. The Hall–Kier alpha value is -1.55. The zero-order valence-corrected chi connectivity index (χ0v) is 10.2. The summed E-state index contributed by atoms with van der Waals surface area (Å²) in [6, 6.07) is 4.26. The Balaban J connectivity index is 1.90. The van der Waals surface area contributed by atoms with Gasteiger partial charge in [0.25, 0.3) is 0 Å². The molecule has 1 fully saturated rings. The summed E-state index contributed by atoms with van der Waals surface area (Å²) in [5, 5.41) is 3.29. The lowest BCUT2D eigenvalue weighted by atomic mass is 9.99. The van der Waals surface area contributed by atoms with Gasteiger partial charge in [0.2, 0.25) is 0 Å². The number of furan rings is 1. The molecule has 1 saturated heterocycles. The first-order chi connectivity index (χ1) is 8.25. The first kappa shape index (κ1) is 10.6. The SMILES string of the molecule is Cc1ccc(C(C)n2cncc2C2CNC2)o1. The highest BCUT2D eigenvalue weighted by atomic mass is 16.3. The predicted molar refractivity (Wildman–Crippen MR) is 65.1 cm³/mol. The van der Waals surface area contributed by atoms with Gasteiger partial charge in [-0.2, -0.15) is 0 Å². The molecule has 1 N–H and O–H groups in total. The summed E-state index contributed by atoms with van der Waals surface area (Å²) >= 11 is 0. The number of nitrogens with one attached hydrogen (secondary N) is 1. The second kappa shape index (κ2) is 4.04. The van der Waals surface area contributed by atoms with Crippen LogP contribution in [-0.2, 0) is 0 Å². The monoisotopic (exact) mass is 231 g/mol. The van der Waals surface area contributed by atoms with Crippen LogP contribution in [-0.4, -0.2) is 22.6 Å². The van der Waals surface area contributed by atoms with Crippen LogP contribution in [0.5, 0.6) is 0 Å². The molecule has 90 valence electrons. The second-order valence-corrected chi connectivity index (χ2v) is 4.71. The minimum absolute atomic E-state index is 0.210. The maximum atomic E-state index is 5.69. The number of aryl methyl sites for hydroxylation is 1. The van der Waals surface area contributed by atoms with E-state index in [0.717, 1.165) is 24.6 Å². The molecular formula is C13H17N3O. The summed E-state index contributed by atoms with van der Waals surface area (Å²) in [5.74, 6) is 2.55. The third-order valence-corrected chi connectivity index (χ3v) is 3.49. The fourth-order valence-electron chi connectivity index (χ4n) is 2.27. The quantitative estimate of drug-likeness (QED) is 0.879. The minimum atomic E-state index is 0.210. The van der Waals surface area contributed by atoms with E-state index in [-0.39, 0.29) is 6.04 Å². The molecule has 1 atom stereocenters. The lowest BCUT2D eigenvalue weighted by Gasteiger charge is -2.29. The van der Waals surface area contributed by atoms with Gasteiger partial charge in [-0.1, -0.05) is 0 Å². The molecule has 4 heteroatoms. The van der Waals surface area contributed by atoms with E-state index in [1.165, 1.54) is 5.69 Å². The molecule has 2 aromatic heterocycles. The average Bonchev–Trinajstić information content (AvgIpc) is 2.84. The number of hydrogen-bond acceptors (Lipinski definition) is 3. The van der Waals surface area contributed by atoms with Crippen molar-refractivity contribution in [3.63, 3.8) is 0 Å². The van der Waals surface area contributed by atoms with Gasteiger partial charge in [-0.25, -0.2) is 4.98 Å². The van der Waals surface area contributed by atoms with Crippen molar-refractivity contribution in [3.8, 4) is 0 Å². The molecule has 0 spiro atoms. The van der Waals surface area contributed by atoms with Crippen LogP contribution >= 0.6 is 0 Å². The topological polar surface area (TPSA) is 43.0 Å². The standard InChI is InChI=1S/C13H17N3O/c1-9-3-4-13(17-9)10(2)16-8-15-7-12(16)11-5-14-6-11/h3-4,7-8,10-11,14H,5-6H2,1-2H3. The smallest absolute Gasteiger partial charge is 0.126 e. The van der Waals surface area contributed by atoms with Crippen LogP contribution in [0.3, 0.4) is 0 Å². The molecule has 0 saturated carbocycles. The van der Waals surface area contributed by atoms with Crippen molar-refractivity contribution >= 4 is 0 Å². The zero-order chi connectivity index (χ0) is 11.8. The van der Waals surface area contributed by atoms with Crippen LogP contribution in [0.1, 0.15) is 36.1 Å². The molecule has 4 nitrogen and oxygen atoms in total. The van der Waals surface area contributed by atoms with Crippen molar-refractivity contribution in [2.24, 2.45) is 0 Å². The van der Waals surface area contributed by atoms with E-state index in [9.17, 15) is 0 Å². The number of rotatable bonds is 3. The van der Waals surface area contributed by atoms with Crippen molar-refractivity contribution in [2.75, 3.05) is 13.1 Å². The highest BCUT2D eigenvalue weighted by Gasteiger charge is 2.25. The molecule has 2 aromatic rings. The minimum Gasteiger partial charge on any atom is -0.464 e. The maximum Gasteiger partial charge on any atom is 0.126 e. The Kier molecular flexibility index (Phi) is 2.52. The van der Waals surface area contributed by atoms with E-state index >= 15 is 0 Å². The number of nitrogens with zero attached hydrogens (tertiary/aromatic N) is 2. The van der Waals surface area contributed by atoms with E-state index in [1.807, 2.05) is 31.6 Å². The molecule has 1 unspecified atom stereocenters. The lowest BCUT2D eigenvalue weighted by molar-refractivity contribution is 0.390. The first-order valence-corrected chi connectivity index (χ1v) is 6.04. The number of hydrogen-bond donors (Lipinski definition) is 1. The van der Waals surface area contributed by atoms with E-state index in [4.69, 9.17) is 4.42 Å². The maximum absolute atomic E-state index is 5.69. The second-order valence-electron chi connectivity index (χ2n) is 4.71. The molecule has 0 aliphatic carbocycles. The van der Waals surface area contributed by atoms with Crippen LogP contribution in [0.2, 0.25) is 0 Å². The van der Waals surface area contributed by atoms with Crippen molar-refractivity contribution in [3.05, 3.63) is 41.9 Å². The van der Waals surface area contributed by atoms with Gasteiger partial charge < -0.3 is 14.3 Å². The van der Waals surface area contributed by atoms with Gasteiger partial charge in [0.15, 0.2) is 0 Å². The van der Waals surface area contributed by atoms with Gasteiger partial charge >= 0.3 is 0 Å². The normalized spacial score (nSPS) is 18.0. The molecule has 3 rings (SSSR count). The molecule has 3 heterocycles. The fraction of sp³-hybridized carbons (Fsp3) is 0.462. The van der Waals surface area contributed by atoms with Crippen molar-refractivity contribution < 1.29 is 4.42 Å². The van der Waals surface area contributed by atoms with Crippen LogP contribution in [0.25, 0.3) is 0 Å². The van der Waals surface area contributed by atoms with Gasteiger partial charge in [-0.05, 0) is 26.0 Å². The van der Waals surface area contributed by atoms with Crippen LogP contribution in [0.15, 0.2) is 29.1 Å². The Morgan fingerprint density at radius 1 is 1.47 bits per heavy atom. The van der Waals surface area contributed by atoms with Crippen LogP contribution in [0.4, 0.5) is 0 Å². The molecule has 1 aliphatic rings. The lowest BCUT2D eigenvalue weighted by Crippen LogP contribution is -2.41. The number of imidazole rings is 1. The molecule has 17 heavy (non-hydrogen) atoms. The van der Waals surface area contributed by atoms with E-state index in [0.29, 0.717) is 5.92 Å². The summed E-state index contributed by atoms with van der Waals surface area (Å²) in [6.45, 7) is 6.22. The summed E-state index contributed by atoms with van der Waals surface area (Å²) in [6.07, 6.45) is 3.87. The fourth-order valence-corrected chi connectivity index (χ4v) is 2.27. The third kappa shape index (κ3) is 1.78. The molecule has 0 aromatic carbocycles. The molecule has 0 bridgehead atoms. The summed E-state index contributed by atoms with van der Waals surface area (Å²) in [5.41, 5.74) is 1.30. The molecule has 1 aliphatic heterocycles. The Morgan fingerprint density at radius 3 is 2.88 bits per heavy atom. The summed E-state index contributed by atoms with van der Waals surface area (Å²) in [4.78, 5) is 4.27. The highest BCUT2D eigenvalue weighted by molar-refractivity contribution is 5.17. The predicted octanol–water partition coefficient (Wildman–Crippen LogP) is 2.08. The van der Waals surface area contributed by atoms with Gasteiger partial charge in [-0.3, -0.25) is 0 Å². The largest absolute Gasteiger partial charge is 0.464 e. The Labute approximate surface area is 101 Å². The van der Waals surface area contributed by atoms with Crippen molar-refractivity contribution in [1.82, 2.24) is 14.9 Å². The first-order valence-electron chi connectivity index (χ1n) is 6.04. The third-order valence-electron chi connectivity index (χ3n) is 3.49. The average molecular weight is 231 g/mol. The number of aromatic nitrogens is 2. The summed E-state index contributed by atoms with van der Waals surface area (Å²) < 4.78 is 7.90. The van der Waals surface area contributed by atoms with Gasteiger partial charge in [0.1, 0.15) is 11.5 Å². The Bertz CT molecular complexity index is 510.